The summed E-state index contributed by atoms with van der Waals surface area (Å²) in [6, 6.07) is 9.10. The fourth-order valence-corrected chi connectivity index (χ4v) is 3.05. The van der Waals surface area contributed by atoms with Gasteiger partial charge in [0.25, 0.3) is 0 Å². The molecule has 0 radical (unpaired) electrons. The third kappa shape index (κ3) is 3.03. The molecule has 1 N–H and O–H groups in total. The van der Waals surface area contributed by atoms with Crippen LogP contribution in [0.2, 0.25) is 0 Å². The maximum absolute atomic E-state index is 14.1. The van der Waals surface area contributed by atoms with Crippen LogP contribution in [0.3, 0.4) is 0 Å². The molecule has 0 saturated heterocycles. The highest BCUT2D eigenvalue weighted by Gasteiger charge is 2.52. The van der Waals surface area contributed by atoms with Gasteiger partial charge in [-0.25, -0.2) is 18.4 Å². The van der Waals surface area contributed by atoms with Gasteiger partial charge >= 0.3 is 0 Å². The Morgan fingerprint density at radius 1 is 1.22 bits per heavy atom. The van der Waals surface area contributed by atoms with Crippen molar-refractivity contribution in [2.45, 2.75) is 18.3 Å². The lowest BCUT2D eigenvalue weighted by Crippen LogP contribution is -2.29. The fraction of sp³-hybridized carbons (Fsp3) is 0.211. The van der Waals surface area contributed by atoms with E-state index in [1.54, 1.807) is 30.5 Å². The lowest BCUT2D eigenvalue weighted by Gasteiger charge is -2.15. The van der Waals surface area contributed by atoms with E-state index in [2.05, 4.69) is 15.4 Å². The summed E-state index contributed by atoms with van der Waals surface area (Å²) in [7, 11) is 1.33. The summed E-state index contributed by atoms with van der Waals surface area (Å²) in [5.41, 5.74) is -0.0875. The van der Waals surface area contributed by atoms with Crippen LogP contribution in [0.5, 0.6) is 5.88 Å². The van der Waals surface area contributed by atoms with Gasteiger partial charge < -0.3 is 10.1 Å². The second-order valence-electron chi connectivity index (χ2n) is 6.35. The molecule has 2 heterocycles. The number of amides is 1. The van der Waals surface area contributed by atoms with Gasteiger partial charge in [0.05, 0.1) is 24.4 Å². The Morgan fingerprint density at radius 2 is 2.00 bits per heavy atom. The molecule has 1 aromatic carbocycles. The van der Waals surface area contributed by atoms with Crippen LogP contribution in [0.1, 0.15) is 18.4 Å². The zero-order valence-electron chi connectivity index (χ0n) is 14.4. The molecule has 0 bridgehead atoms. The average molecular weight is 370 g/mol. The number of carbonyl (C=O) groups is 1. The highest BCUT2D eigenvalue weighted by Crippen LogP contribution is 2.49. The second kappa shape index (κ2) is 6.46. The second-order valence-corrected chi connectivity index (χ2v) is 6.35. The minimum Gasteiger partial charge on any atom is -0.479 e. The first-order valence-electron chi connectivity index (χ1n) is 8.35. The molecule has 3 aromatic rings. The smallest absolute Gasteiger partial charge is 0.250 e. The number of hydrogen-bond acceptors (Lipinski definition) is 4. The summed E-state index contributed by atoms with van der Waals surface area (Å²) in [6.45, 7) is 0. The van der Waals surface area contributed by atoms with Crippen LogP contribution in [0, 0.1) is 11.6 Å². The number of hydrogen-bond donors (Lipinski definition) is 1. The van der Waals surface area contributed by atoms with Crippen LogP contribution in [-0.4, -0.2) is 27.8 Å². The first-order valence-corrected chi connectivity index (χ1v) is 8.35. The number of benzene rings is 1. The lowest BCUT2D eigenvalue weighted by molar-refractivity contribution is -0.118. The topological polar surface area (TPSA) is 69.0 Å². The van der Waals surface area contributed by atoms with Crippen LogP contribution in [-0.2, 0) is 10.2 Å². The molecule has 1 fully saturated rings. The van der Waals surface area contributed by atoms with Crippen molar-refractivity contribution in [3.05, 3.63) is 66.0 Å². The summed E-state index contributed by atoms with van der Waals surface area (Å²) in [4.78, 5) is 16.6. The highest BCUT2D eigenvalue weighted by molar-refractivity contribution is 6.00. The van der Waals surface area contributed by atoms with E-state index in [1.807, 2.05) is 0 Å². The first kappa shape index (κ1) is 17.1. The number of pyridine rings is 1. The van der Waals surface area contributed by atoms with Crippen LogP contribution < -0.4 is 10.1 Å². The van der Waals surface area contributed by atoms with Crippen LogP contribution in [0.4, 0.5) is 14.6 Å². The zero-order chi connectivity index (χ0) is 19.0. The molecule has 138 valence electrons. The number of halogens is 2. The molecule has 0 atom stereocenters. The molecule has 0 unspecified atom stereocenters. The normalized spacial score (nSPS) is 14.6. The Bertz CT molecular complexity index is 1010. The molecule has 1 amide bonds. The van der Waals surface area contributed by atoms with Crippen molar-refractivity contribution < 1.29 is 18.3 Å². The number of nitrogens with zero attached hydrogens (tertiary/aromatic N) is 3. The molecule has 6 nitrogen and oxygen atoms in total. The zero-order valence-corrected chi connectivity index (χ0v) is 14.4. The third-order valence-electron chi connectivity index (χ3n) is 4.66. The minimum atomic E-state index is -0.858. The van der Waals surface area contributed by atoms with E-state index < -0.39 is 17.0 Å². The Kier molecular flexibility index (Phi) is 4.10. The summed E-state index contributed by atoms with van der Waals surface area (Å²) < 4.78 is 34.1. The fourth-order valence-electron chi connectivity index (χ4n) is 3.05. The first-order chi connectivity index (χ1) is 13.0. The van der Waals surface area contributed by atoms with E-state index in [0.717, 1.165) is 0 Å². The van der Waals surface area contributed by atoms with Gasteiger partial charge in [-0.1, -0.05) is 18.2 Å². The number of rotatable bonds is 5. The molecule has 1 saturated carbocycles. The maximum atomic E-state index is 14.1. The summed E-state index contributed by atoms with van der Waals surface area (Å²) in [6.07, 6.45) is 4.13. The predicted octanol–water partition coefficient (Wildman–Crippen LogP) is 3.22. The standard InChI is InChI=1S/C19H16F2N4O2/c1-27-17-15(21)10-12(11-22-17)25-9-6-16(24-25)23-18(26)19(7-8-19)13-4-2-3-5-14(13)20/h2-6,9-11H,7-8H2,1H3,(H,23,24,26). The molecule has 27 heavy (non-hydrogen) atoms. The number of carbonyl (C=O) groups excluding carboxylic acids is 1. The average Bonchev–Trinajstić information content (AvgIpc) is 3.35. The molecule has 1 aliphatic carbocycles. The van der Waals surface area contributed by atoms with Crippen molar-refractivity contribution in [3.8, 4) is 11.6 Å². The summed E-state index contributed by atoms with van der Waals surface area (Å²) in [5.74, 6) is -1.14. The van der Waals surface area contributed by atoms with E-state index in [4.69, 9.17) is 4.74 Å². The van der Waals surface area contributed by atoms with Gasteiger partial charge in [-0.3, -0.25) is 4.79 Å². The largest absolute Gasteiger partial charge is 0.479 e. The van der Waals surface area contributed by atoms with Gasteiger partial charge in [0, 0.05) is 23.9 Å². The van der Waals surface area contributed by atoms with Gasteiger partial charge in [-0.05, 0) is 18.9 Å². The van der Waals surface area contributed by atoms with E-state index in [9.17, 15) is 13.6 Å². The van der Waals surface area contributed by atoms with E-state index in [1.165, 1.54) is 30.1 Å². The SMILES string of the molecule is COc1ncc(-n2ccc(NC(=O)C3(c4ccccc4F)CC3)n2)cc1F. The summed E-state index contributed by atoms with van der Waals surface area (Å²) in [5, 5.41) is 6.94. The Balaban J connectivity index is 1.54. The Hall–Kier alpha value is -3.29. The quantitative estimate of drug-likeness (QED) is 0.749. The molecule has 0 spiro atoms. The molecule has 0 aliphatic heterocycles. The van der Waals surface area contributed by atoms with Crippen molar-refractivity contribution in [1.29, 1.82) is 0 Å². The van der Waals surface area contributed by atoms with Gasteiger partial charge in [-0.15, -0.1) is 0 Å². The van der Waals surface area contributed by atoms with Crippen molar-refractivity contribution in [2.24, 2.45) is 0 Å². The highest BCUT2D eigenvalue weighted by atomic mass is 19.1. The van der Waals surface area contributed by atoms with Gasteiger partial charge in [-0.2, -0.15) is 5.10 Å². The van der Waals surface area contributed by atoms with Crippen molar-refractivity contribution in [2.75, 3.05) is 12.4 Å². The van der Waals surface area contributed by atoms with E-state index >= 15 is 0 Å². The predicted molar refractivity (Wildman–Crippen MR) is 93.8 cm³/mol. The number of methoxy groups -OCH3 is 1. The summed E-state index contributed by atoms with van der Waals surface area (Å²) >= 11 is 0. The number of anilines is 1. The Morgan fingerprint density at radius 3 is 2.67 bits per heavy atom. The van der Waals surface area contributed by atoms with E-state index in [0.29, 0.717) is 29.9 Å². The number of ether oxygens (including phenoxy) is 1. The lowest BCUT2D eigenvalue weighted by atomic mass is 9.94. The molecule has 8 heteroatoms. The molecular formula is C19H16F2N4O2. The van der Waals surface area contributed by atoms with Crippen molar-refractivity contribution >= 4 is 11.7 Å². The van der Waals surface area contributed by atoms with Crippen molar-refractivity contribution in [1.82, 2.24) is 14.8 Å². The van der Waals surface area contributed by atoms with Crippen molar-refractivity contribution in [3.63, 3.8) is 0 Å². The number of nitrogens with one attached hydrogen (secondary N) is 1. The third-order valence-corrected chi connectivity index (χ3v) is 4.66. The van der Waals surface area contributed by atoms with Gasteiger partial charge in [0.2, 0.25) is 11.8 Å². The maximum Gasteiger partial charge on any atom is 0.250 e. The number of aromatic nitrogens is 3. The van der Waals surface area contributed by atoms with Gasteiger partial charge in [0.1, 0.15) is 5.82 Å². The Labute approximate surface area is 153 Å². The van der Waals surface area contributed by atoms with Gasteiger partial charge in [0.15, 0.2) is 11.6 Å². The van der Waals surface area contributed by atoms with Crippen LogP contribution in [0.25, 0.3) is 5.69 Å². The van der Waals surface area contributed by atoms with Crippen LogP contribution in [0.15, 0.2) is 48.8 Å². The molecular weight excluding hydrogens is 354 g/mol. The van der Waals surface area contributed by atoms with E-state index in [-0.39, 0.29) is 11.8 Å². The minimum absolute atomic E-state index is 0.111. The molecule has 1 aliphatic rings. The van der Waals surface area contributed by atoms with Crippen LogP contribution >= 0.6 is 0 Å². The molecule has 2 aromatic heterocycles. The molecule has 4 rings (SSSR count). The monoisotopic (exact) mass is 370 g/mol.